The predicted molar refractivity (Wildman–Crippen MR) is 118 cm³/mol. The second-order valence-corrected chi connectivity index (χ2v) is 11.3. The van der Waals surface area contributed by atoms with Crippen LogP contribution in [0.3, 0.4) is 0 Å². The summed E-state index contributed by atoms with van der Waals surface area (Å²) in [7, 11) is 0. The molecule has 7 aliphatic carbocycles. The molecule has 0 aliphatic heterocycles. The van der Waals surface area contributed by atoms with Crippen molar-refractivity contribution in [3.8, 4) is 0 Å². The quantitative estimate of drug-likeness (QED) is 0.716. The van der Waals surface area contributed by atoms with Crippen LogP contribution in [0.4, 0.5) is 0 Å². The normalized spacial score (nSPS) is 39.5. The number of amides is 1. The van der Waals surface area contributed by atoms with Gasteiger partial charge in [-0.05, 0) is 90.4 Å². The van der Waals surface area contributed by atoms with E-state index in [9.17, 15) is 4.79 Å². The van der Waals surface area contributed by atoms with Crippen LogP contribution in [0.15, 0.2) is 48.5 Å². The highest BCUT2D eigenvalue weighted by molar-refractivity contribution is 5.82. The van der Waals surface area contributed by atoms with Crippen LogP contribution in [0.25, 0.3) is 0 Å². The zero-order valence-electron chi connectivity index (χ0n) is 17.6. The SMILES string of the molecule is O=C(NCC12CC3CC(CC(C3)C1)C2)C1CC2c3ccccc3C1c1ccccc12. The molecule has 9 rings (SSSR count). The van der Waals surface area contributed by atoms with Gasteiger partial charge >= 0.3 is 0 Å². The van der Waals surface area contributed by atoms with E-state index in [1.165, 1.54) is 60.8 Å². The van der Waals surface area contributed by atoms with Gasteiger partial charge in [0, 0.05) is 24.3 Å². The standard InChI is InChI=1S/C28H31NO/c30-27(29-16-28-13-17-9-18(14-28)11-19(10-17)15-28)25-12-24-20-5-1-3-7-22(20)26(25)23-8-4-2-6-21(23)24/h1-8,17-19,24-26H,9-16H2,(H,29,30). The summed E-state index contributed by atoms with van der Waals surface area (Å²) < 4.78 is 0. The molecule has 1 atom stereocenters. The Bertz CT molecular complexity index is 940. The average Bonchev–Trinajstić information content (AvgIpc) is 2.77. The third kappa shape index (κ3) is 2.46. The fourth-order valence-corrected chi connectivity index (χ4v) is 8.81. The van der Waals surface area contributed by atoms with Crippen LogP contribution in [0.5, 0.6) is 0 Å². The minimum Gasteiger partial charge on any atom is -0.355 e. The number of hydrogen-bond donors (Lipinski definition) is 1. The molecule has 2 heteroatoms. The van der Waals surface area contributed by atoms with Crippen LogP contribution in [0, 0.1) is 29.1 Å². The van der Waals surface area contributed by atoms with E-state index >= 15 is 0 Å². The molecule has 0 radical (unpaired) electrons. The molecule has 4 saturated carbocycles. The number of rotatable bonds is 3. The first-order valence-electron chi connectivity index (χ1n) is 12.1. The van der Waals surface area contributed by atoms with Crippen molar-refractivity contribution in [3.63, 3.8) is 0 Å². The number of nitrogens with one attached hydrogen (secondary N) is 1. The van der Waals surface area contributed by atoms with E-state index in [2.05, 4.69) is 53.8 Å². The Hall–Kier alpha value is -2.09. The van der Waals surface area contributed by atoms with Crippen LogP contribution in [0.2, 0.25) is 0 Å². The summed E-state index contributed by atoms with van der Waals surface area (Å²) in [4.78, 5) is 13.6. The second kappa shape index (κ2) is 6.22. The van der Waals surface area contributed by atoms with E-state index in [1.54, 1.807) is 0 Å². The van der Waals surface area contributed by atoms with Crippen molar-refractivity contribution < 1.29 is 4.79 Å². The van der Waals surface area contributed by atoms with E-state index in [0.29, 0.717) is 17.2 Å². The van der Waals surface area contributed by atoms with Crippen LogP contribution in [-0.2, 0) is 4.79 Å². The molecule has 0 saturated heterocycles. The lowest BCUT2D eigenvalue weighted by atomic mass is 9.49. The van der Waals surface area contributed by atoms with Gasteiger partial charge in [-0.25, -0.2) is 0 Å². The Morgan fingerprint density at radius 3 is 1.80 bits per heavy atom. The highest BCUT2D eigenvalue weighted by Gasteiger charge is 2.51. The maximum atomic E-state index is 13.6. The van der Waals surface area contributed by atoms with Gasteiger partial charge in [0.1, 0.15) is 0 Å². The molecule has 6 bridgehead atoms. The largest absolute Gasteiger partial charge is 0.355 e. The predicted octanol–water partition coefficient (Wildman–Crippen LogP) is 5.62. The molecule has 1 amide bonds. The Morgan fingerprint density at radius 2 is 1.27 bits per heavy atom. The smallest absolute Gasteiger partial charge is 0.224 e. The highest BCUT2D eigenvalue weighted by Crippen LogP contribution is 2.60. The van der Waals surface area contributed by atoms with E-state index < -0.39 is 0 Å². The van der Waals surface area contributed by atoms with Crippen molar-refractivity contribution in [1.29, 1.82) is 0 Å². The maximum Gasteiger partial charge on any atom is 0.224 e. The molecule has 154 valence electrons. The molecule has 1 N–H and O–H groups in total. The van der Waals surface area contributed by atoms with Crippen LogP contribution in [0.1, 0.15) is 79.0 Å². The average molecular weight is 398 g/mol. The van der Waals surface area contributed by atoms with E-state index in [-0.39, 0.29) is 11.8 Å². The lowest BCUT2D eigenvalue weighted by Gasteiger charge is -2.57. The summed E-state index contributed by atoms with van der Waals surface area (Å²) in [6.07, 6.45) is 9.45. The number of hydrogen-bond acceptors (Lipinski definition) is 1. The van der Waals surface area contributed by atoms with Gasteiger partial charge in [-0.1, -0.05) is 48.5 Å². The van der Waals surface area contributed by atoms with E-state index in [4.69, 9.17) is 0 Å². The van der Waals surface area contributed by atoms with E-state index in [0.717, 1.165) is 30.7 Å². The van der Waals surface area contributed by atoms with Gasteiger partial charge in [0.25, 0.3) is 0 Å². The van der Waals surface area contributed by atoms with Crippen LogP contribution < -0.4 is 5.32 Å². The molecular weight excluding hydrogens is 366 g/mol. The van der Waals surface area contributed by atoms with Gasteiger partial charge in [0.15, 0.2) is 0 Å². The summed E-state index contributed by atoms with van der Waals surface area (Å²) >= 11 is 0. The van der Waals surface area contributed by atoms with Gasteiger partial charge in [-0.3, -0.25) is 4.79 Å². The lowest BCUT2D eigenvalue weighted by Crippen LogP contribution is -2.52. The van der Waals surface area contributed by atoms with Crippen molar-refractivity contribution in [2.45, 2.75) is 56.8 Å². The molecule has 4 fully saturated rings. The molecular formula is C28H31NO. The van der Waals surface area contributed by atoms with Gasteiger partial charge in [-0.15, -0.1) is 0 Å². The monoisotopic (exact) mass is 397 g/mol. The summed E-state index contributed by atoms with van der Waals surface area (Å²) in [6, 6.07) is 17.7. The zero-order chi connectivity index (χ0) is 19.9. The third-order valence-electron chi connectivity index (χ3n) is 9.44. The molecule has 0 heterocycles. The van der Waals surface area contributed by atoms with Crippen molar-refractivity contribution in [2.75, 3.05) is 6.54 Å². The Balaban J connectivity index is 1.16. The maximum absolute atomic E-state index is 13.6. The molecule has 2 aromatic rings. The molecule has 7 aliphatic rings. The fourth-order valence-electron chi connectivity index (χ4n) is 8.81. The Labute approximate surface area is 179 Å². The number of fused-ring (bicyclic) bond motifs is 1. The molecule has 1 unspecified atom stereocenters. The first-order chi connectivity index (χ1) is 14.7. The fraction of sp³-hybridized carbons (Fsp3) is 0.536. The van der Waals surface area contributed by atoms with Gasteiger partial charge in [0.2, 0.25) is 5.91 Å². The number of benzene rings is 2. The van der Waals surface area contributed by atoms with E-state index in [1.807, 2.05) is 0 Å². The molecule has 0 spiro atoms. The summed E-state index contributed by atoms with van der Waals surface area (Å²) in [5.41, 5.74) is 6.09. The van der Waals surface area contributed by atoms with Crippen molar-refractivity contribution in [2.24, 2.45) is 29.1 Å². The van der Waals surface area contributed by atoms with Gasteiger partial charge < -0.3 is 5.32 Å². The molecule has 2 aromatic carbocycles. The summed E-state index contributed by atoms with van der Waals surface area (Å²) in [5.74, 6) is 3.81. The summed E-state index contributed by atoms with van der Waals surface area (Å²) in [6.45, 7) is 0.923. The molecule has 0 aromatic heterocycles. The minimum atomic E-state index is 0.0775. The van der Waals surface area contributed by atoms with Gasteiger partial charge in [-0.2, -0.15) is 0 Å². The minimum absolute atomic E-state index is 0.0775. The first-order valence-corrected chi connectivity index (χ1v) is 12.1. The third-order valence-corrected chi connectivity index (χ3v) is 9.44. The number of carbonyl (C=O) groups excluding carboxylic acids is 1. The van der Waals surface area contributed by atoms with Crippen molar-refractivity contribution in [1.82, 2.24) is 5.32 Å². The van der Waals surface area contributed by atoms with Crippen molar-refractivity contribution in [3.05, 3.63) is 70.8 Å². The molecule has 2 nitrogen and oxygen atoms in total. The van der Waals surface area contributed by atoms with Gasteiger partial charge in [0.05, 0.1) is 0 Å². The van der Waals surface area contributed by atoms with Crippen molar-refractivity contribution >= 4 is 5.91 Å². The Morgan fingerprint density at radius 1 is 0.767 bits per heavy atom. The molecule has 30 heavy (non-hydrogen) atoms. The van der Waals surface area contributed by atoms with Crippen LogP contribution >= 0.6 is 0 Å². The lowest BCUT2D eigenvalue weighted by molar-refractivity contribution is -0.128. The Kier molecular flexibility index (Phi) is 3.64. The first kappa shape index (κ1) is 17.6. The number of carbonyl (C=O) groups is 1. The zero-order valence-corrected chi connectivity index (χ0v) is 17.6. The topological polar surface area (TPSA) is 29.1 Å². The highest BCUT2D eigenvalue weighted by atomic mass is 16.1. The van der Waals surface area contributed by atoms with Crippen LogP contribution in [-0.4, -0.2) is 12.5 Å². The second-order valence-electron chi connectivity index (χ2n) is 11.3. The summed E-state index contributed by atoms with van der Waals surface area (Å²) in [5, 5.41) is 3.52.